The molecule has 7 nitrogen and oxygen atoms in total. The van der Waals surface area contributed by atoms with E-state index in [0.29, 0.717) is 23.0 Å². The molecule has 110 valence electrons. The minimum Gasteiger partial charge on any atom is -0.496 e. The summed E-state index contributed by atoms with van der Waals surface area (Å²) in [6.45, 7) is 3.49. The van der Waals surface area contributed by atoms with Crippen molar-refractivity contribution >= 4 is 11.6 Å². The second kappa shape index (κ2) is 5.74. The zero-order chi connectivity index (χ0) is 15.6. The van der Waals surface area contributed by atoms with Crippen LogP contribution in [0, 0.1) is 24.0 Å². The van der Waals surface area contributed by atoms with Gasteiger partial charge in [-0.2, -0.15) is 0 Å². The fraction of sp³-hybridized carbons (Fsp3) is 0.286. The Bertz CT molecular complexity index is 701. The number of anilines is 1. The SMILES string of the molecule is CNc1nc(C)c([N+](=O)[O-])c(-c2cc(C)ccc2OC)n1. The molecule has 1 heterocycles. The van der Waals surface area contributed by atoms with Crippen molar-refractivity contribution < 1.29 is 9.66 Å². The maximum atomic E-state index is 11.4. The van der Waals surface area contributed by atoms with E-state index in [4.69, 9.17) is 4.74 Å². The molecule has 0 atom stereocenters. The molecule has 0 spiro atoms. The number of nitrogens with zero attached hydrogens (tertiary/aromatic N) is 3. The Labute approximate surface area is 122 Å². The number of methoxy groups -OCH3 is 1. The van der Waals surface area contributed by atoms with Gasteiger partial charge in [-0.15, -0.1) is 0 Å². The van der Waals surface area contributed by atoms with E-state index in [0.717, 1.165) is 5.56 Å². The zero-order valence-corrected chi connectivity index (χ0v) is 12.3. The van der Waals surface area contributed by atoms with Crippen LogP contribution in [0.4, 0.5) is 11.6 Å². The van der Waals surface area contributed by atoms with E-state index in [1.165, 1.54) is 7.11 Å². The molecule has 1 N–H and O–H groups in total. The number of rotatable bonds is 4. The summed E-state index contributed by atoms with van der Waals surface area (Å²) in [5.41, 5.74) is 1.97. The van der Waals surface area contributed by atoms with E-state index in [1.54, 1.807) is 20.0 Å². The van der Waals surface area contributed by atoms with Crippen LogP contribution in [0.3, 0.4) is 0 Å². The topological polar surface area (TPSA) is 90.2 Å². The van der Waals surface area contributed by atoms with Gasteiger partial charge in [-0.25, -0.2) is 9.97 Å². The van der Waals surface area contributed by atoms with Gasteiger partial charge in [0.1, 0.15) is 11.4 Å². The number of hydrogen-bond donors (Lipinski definition) is 1. The zero-order valence-electron chi connectivity index (χ0n) is 12.3. The molecule has 0 fully saturated rings. The Hall–Kier alpha value is -2.70. The van der Waals surface area contributed by atoms with Crippen LogP contribution in [0.1, 0.15) is 11.3 Å². The lowest BCUT2D eigenvalue weighted by molar-refractivity contribution is -0.385. The van der Waals surface area contributed by atoms with Crippen molar-refractivity contribution in [2.45, 2.75) is 13.8 Å². The van der Waals surface area contributed by atoms with Gasteiger partial charge >= 0.3 is 5.69 Å². The second-order valence-corrected chi connectivity index (χ2v) is 4.54. The van der Waals surface area contributed by atoms with E-state index in [9.17, 15) is 10.1 Å². The first-order chi connectivity index (χ1) is 9.97. The number of benzene rings is 1. The normalized spacial score (nSPS) is 10.3. The number of nitrogens with one attached hydrogen (secondary N) is 1. The highest BCUT2D eigenvalue weighted by Crippen LogP contribution is 2.37. The molecule has 2 rings (SSSR count). The fourth-order valence-corrected chi connectivity index (χ4v) is 2.09. The van der Waals surface area contributed by atoms with Crippen LogP contribution in [-0.4, -0.2) is 29.0 Å². The highest BCUT2D eigenvalue weighted by atomic mass is 16.6. The molecule has 1 aromatic heterocycles. The average Bonchev–Trinajstić information content (AvgIpc) is 2.45. The number of nitro groups is 1. The molecule has 0 saturated heterocycles. The lowest BCUT2D eigenvalue weighted by atomic mass is 10.1. The Morgan fingerprint density at radius 2 is 2.00 bits per heavy atom. The summed E-state index contributed by atoms with van der Waals surface area (Å²) in [6.07, 6.45) is 0. The summed E-state index contributed by atoms with van der Waals surface area (Å²) in [5, 5.41) is 14.2. The molecule has 21 heavy (non-hydrogen) atoms. The lowest BCUT2D eigenvalue weighted by Gasteiger charge is -2.11. The standard InChI is InChI=1S/C14H16N4O3/c1-8-5-6-11(21-4)10(7-8)12-13(18(19)20)9(2)16-14(15-3)17-12/h5-7H,1-4H3,(H,15,16,17). The molecule has 0 aliphatic rings. The first-order valence-corrected chi connectivity index (χ1v) is 6.33. The van der Waals surface area contributed by atoms with Gasteiger partial charge in [-0.3, -0.25) is 10.1 Å². The molecule has 0 radical (unpaired) electrons. The van der Waals surface area contributed by atoms with Gasteiger partial charge in [0, 0.05) is 12.6 Å². The van der Waals surface area contributed by atoms with Crippen molar-refractivity contribution in [2.24, 2.45) is 0 Å². The summed E-state index contributed by atoms with van der Waals surface area (Å²) in [5.74, 6) is 0.862. The molecule has 1 aromatic carbocycles. The van der Waals surface area contributed by atoms with E-state index in [1.807, 2.05) is 19.1 Å². The summed E-state index contributed by atoms with van der Waals surface area (Å²) < 4.78 is 5.30. The fourth-order valence-electron chi connectivity index (χ4n) is 2.09. The minimum atomic E-state index is -0.466. The predicted molar refractivity (Wildman–Crippen MR) is 79.7 cm³/mol. The molecule has 0 bridgehead atoms. The molecule has 2 aromatic rings. The highest BCUT2D eigenvalue weighted by molar-refractivity contribution is 5.77. The van der Waals surface area contributed by atoms with Crippen LogP contribution in [-0.2, 0) is 0 Å². The van der Waals surface area contributed by atoms with Crippen molar-refractivity contribution in [3.05, 3.63) is 39.6 Å². The van der Waals surface area contributed by atoms with E-state index >= 15 is 0 Å². The van der Waals surface area contributed by atoms with Gasteiger partial charge in [0.05, 0.1) is 12.0 Å². The molecule has 7 heteroatoms. The molecule has 0 saturated carbocycles. The van der Waals surface area contributed by atoms with Crippen molar-refractivity contribution in [1.29, 1.82) is 0 Å². The van der Waals surface area contributed by atoms with Crippen LogP contribution >= 0.6 is 0 Å². The van der Waals surface area contributed by atoms with Crippen LogP contribution in [0.5, 0.6) is 5.75 Å². The number of ether oxygens (including phenoxy) is 1. The maximum Gasteiger partial charge on any atom is 0.316 e. The summed E-state index contributed by atoms with van der Waals surface area (Å²) in [4.78, 5) is 19.2. The molecule has 0 aliphatic heterocycles. The second-order valence-electron chi connectivity index (χ2n) is 4.54. The van der Waals surface area contributed by atoms with Gasteiger partial charge in [0.2, 0.25) is 5.95 Å². The summed E-state index contributed by atoms with van der Waals surface area (Å²) in [6, 6.07) is 5.46. The summed E-state index contributed by atoms with van der Waals surface area (Å²) in [7, 11) is 3.19. The Morgan fingerprint density at radius 1 is 1.29 bits per heavy atom. The van der Waals surface area contributed by atoms with E-state index in [2.05, 4.69) is 15.3 Å². The maximum absolute atomic E-state index is 11.4. The van der Waals surface area contributed by atoms with Gasteiger partial charge < -0.3 is 10.1 Å². The molecular formula is C14H16N4O3. The van der Waals surface area contributed by atoms with E-state index in [-0.39, 0.29) is 11.4 Å². The molecular weight excluding hydrogens is 272 g/mol. The number of aryl methyl sites for hydroxylation is 2. The highest BCUT2D eigenvalue weighted by Gasteiger charge is 2.25. The van der Waals surface area contributed by atoms with Crippen LogP contribution < -0.4 is 10.1 Å². The molecule has 0 unspecified atom stereocenters. The van der Waals surface area contributed by atoms with Gasteiger partial charge in [0.25, 0.3) is 0 Å². The quantitative estimate of drug-likeness (QED) is 0.687. The molecule has 0 amide bonds. The molecule has 0 aliphatic carbocycles. The van der Waals surface area contributed by atoms with Crippen LogP contribution in [0.25, 0.3) is 11.3 Å². The number of hydrogen-bond acceptors (Lipinski definition) is 6. The smallest absolute Gasteiger partial charge is 0.316 e. The Morgan fingerprint density at radius 3 is 2.57 bits per heavy atom. The van der Waals surface area contributed by atoms with Gasteiger partial charge in [-0.05, 0) is 26.0 Å². The first-order valence-electron chi connectivity index (χ1n) is 6.33. The first kappa shape index (κ1) is 14.7. The average molecular weight is 288 g/mol. The van der Waals surface area contributed by atoms with Crippen LogP contribution in [0.15, 0.2) is 18.2 Å². The number of aromatic nitrogens is 2. The third-order valence-electron chi connectivity index (χ3n) is 3.07. The van der Waals surface area contributed by atoms with Gasteiger partial charge in [-0.1, -0.05) is 11.6 Å². The third kappa shape index (κ3) is 2.76. The Kier molecular flexibility index (Phi) is 4.02. The van der Waals surface area contributed by atoms with Gasteiger partial charge in [0.15, 0.2) is 5.69 Å². The Balaban J connectivity index is 2.81. The minimum absolute atomic E-state index is 0.113. The van der Waals surface area contributed by atoms with Crippen LogP contribution in [0.2, 0.25) is 0 Å². The van der Waals surface area contributed by atoms with E-state index < -0.39 is 4.92 Å². The lowest BCUT2D eigenvalue weighted by Crippen LogP contribution is -2.05. The van der Waals surface area contributed by atoms with Crippen molar-refractivity contribution in [2.75, 3.05) is 19.5 Å². The van der Waals surface area contributed by atoms with Crippen molar-refractivity contribution in [1.82, 2.24) is 9.97 Å². The van der Waals surface area contributed by atoms with Crippen molar-refractivity contribution in [3.63, 3.8) is 0 Å². The predicted octanol–water partition coefficient (Wildman–Crippen LogP) is 2.72. The summed E-state index contributed by atoms with van der Waals surface area (Å²) >= 11 is 0. The third-order valence-corrected chi connectivity index (χ3v) is 3.07. The largest absolute Gasteiger partial charge is 0.496 e. The van der Waals surface area contributed by atoms with Crippen molar-refractivity contribution in [3.8, 4) is 17.0 Å². The monoisotopic (exact) mass is 288 g/mol.